The molecule has 0 aliphatic carbocycles. The zero-order valence-electron chi connectivity index (χ0n) is 12.6. The van der Waals surface area contributed by atoms with Gasteiger partial charge in [0.15, 0.2) is 0 Å². The fourth-order valence-corrected chi connectivity index (χ4v) is 3.61. The van der Waals surface area contributed by atoms with E-state index in [0.717, 1.165) is 17.5 Å². The molecule has 1 saturated heterocycles. The van der Waals surface area contributed by atoms with Crippen LogP contribution in [0.3, 0.4) is 0 Å². The lowest BCUT2D eigenvalue weighted by Crippen LogP contribution is -2.44. The Hall–Kier alpha value is -1.60. The van der Waals surface area contributed by atoms with Gasteiger partial charge in [-0.3, -0.25) is 9.69 Å². The Bertz CT molecular complexity index is 649. The van der Waals surface area contributed by atoms with Crippen molar-refractivity contribution in [2.24, 2.45) is 13.0 Å². The maximum Gasteiger partial charge on any atom is 0.326 e. The molecule has 1 amide bonds. The molecular weight excluding hydrogens is 320 g/mol. The van der Waals surface area contributed by atoms with Crippen molar-refractivity contribution >= 4 is 46.3 Å². The lowest BCUT2D eigenvalue weighted by Gasteiger charge is -2.24. The highest BCUT2D eigenvalue weighted by Gasteiger charge is 2.40. The van der Waals surface area contributed by atoms with Gasteiger partial charge in [-0.1, -0.05) is 37.8 Å². The number of thiocarbonyl (C=S) groups is 1. The van der Waals surface area contributed by atoms with E-state index in [9.17, 15) is 14.7 Å². The van der Waals surface area contributed by atoms with Crippen LogP contribution in [0, 0.1) is 5.92 Å². The van der Waals surface area contributed by atoms with Gasteiger partial charge in [0.2, 0.25) is 0 Å². The number of rotatable bonds is 5. The van der Waals surface area contributed by atoms with E-state index in [0.29, 0.717) is 15.6 Å². The summed E-state index contributed by atoms with van der Waals surface area (Å²) in [7, 11) is 1.88. The van der Waals surface area contributed by atoms with E-state index >= 15 is 0 Å². The van der Waals surface area contributed by atoms with Crippen LogP contribution in [0.4, 0.5) is 0 Å². The highest BCUT2D eigenvalue weighted by atomic mass is 32.2. The zero-order valence-corrected chi connectivity index (χ0v) is 14.3. The number of carboxylic acids is 1. The number of carbonyl (C=O) groups excluding carboxylic acids is 1. The summed E-state index contributed by atoms with van der Waals surface area (Å²) in [5, 5.41) is 9.42. The Morgan fingerprint density at radius 3 is 2.68 bits per heavy atom. The van der Waals surface area contributed by atoms with E-state index in [2.05, 4.69) is 0 Å². The quantitative estimate of drug-likeness (QED) is 0.661. The second-order valence-corrected chi connectivity index (χ2v) is 7.26. The molecule has 1 aromatic heterocycles. The Labute approximate surface area is 139 Å². The highest BCUT2D eigenvalue weighted by molar-refractivity contribution is 8.26. The van der Waals surface area contributed by atoms with E-state index < -0.39 is 12.0 Å². The van der Waals surface area contributed by atoms with Crippen LogP contribution >= 0.6 is 24.0 Å². The van der Waals surface area contributed by atoms with Crippen LogP contribution in [0.5, 0.6) is 0 Å². The average Bonchev–Trinajstić information content (AvgIpc) is 2.93. The number of carboxylic acid groups (broad SMARTS) is 1. The Morgan fingerprint density at radius 1 is 1.50 bits per heavy atom. The van der Waals surface area contributed by atoms with Gasteiger partial charge in [0, 0.05) is 18.9 Å². The summed E-state index contributed by atoms with van der Waals surface area (Å²) in [5.41, 5.74) is 0.872. The van der Waals surface area contributed by atoms with Crippen LogP contribution in [0.15, 0.2) is 23.2 Å². The first-order valence-electron chi connectivity index (χ1n) is 6.92. The molecule has 7 heteroatoms. The molecule has 2 rings (SSSR count). The van der Waals surface area contributed by atoms with Crippen LogP contribution in [0.25, 0.3) is 6.08 Å². The van der Waals surface area contributed by atoms with Crippen LogP contribution in [0.1, 0.15) is 26.0 Å². The number of carbonyl (C=O) groups is 2. The molecule has 2 heterocycles. The minimum absolute atomic E-state index is 0.155. The number of aliphatic carboxylic acids is 1. The third-order valence-corrected chi connectivity index (χ3v) is 4.71. The van der Waals surface area contributed by atoms with Gasteiger partial charge in [0.25, 0.3) is 5.91 Å². The van der Waals surface area contributed by atoms with Crippen molar-refractivity contribution in [2.75, 3.05) is 0 Å². The number of nitrogens with zero attached hydrogens (tertiary/aromatic N) is 2. The minimum Gasteiger partial charge on any atom is -0.480 e. The van der Waals surface area contributed by atoms with E-state index in [1.54, 1.807) is 6.08 Å². The summed E-state index contributed by atoms with van der Waals surface area (Å²) in [6.45, 7) is 3.85. The molecule has 1 N–H and O–H groups in total. The number of thioether (sulfide) groups is 1. The zero-order chi connectivity index (χ0) is 16.4. The van der Waals surface area contributed by atoms with Crippen molar-refractivity contribution in [2.45, 2.75) is 26.3 Å². The van der Waals surface area contributed by atoms with Crippen LogP contribution < -0.4 is 0 Å². The Kier molecular flexibility index (Phi) is 5.08. The largest absolute Gasteiger partial charge is 0.480 e. The van der Waals surface area contributed by atoms with Crippen molar-refractivity contribution in [3.05, 3.63) is 28.9 Å². The maximum absolute atomic E-state index is 12.6. The Balaban J connectivity index is 2.30. The second kappa shape index (κ2) is 6.66. The Morgan fingerprint density at radius 2 is 2.18 bits per heavy atom. The van der Waals surface area contributed by atoms with Crippen molar-refractivity contribution in [3.8, 4) is 0 Å². The molecule has 1 atom stereocenters. The van der Waals surface area contributed by atoms with Crippen molar-refractivity contribution < 1.29 is 14.7 Å². The smallest absolute Gasteiger partial charge is 0.326 e. The summed E-state index contributed by atoms with van der Waals surface area (Å²) in [5.74, 6) is -1.20. The summed E-state index contributed by atoms with van der Waals surface area (Å²) < 4.78 is 2.19. The molecule has 0 saturated carbocycles. The number of hydrogen-bond acceptors (Lipinski definition) is 4. The standard InChI is InChI=1S/C15H18N2O3S2/c1-9(2)7-11(14(19)20)17-13(18)12(22-15(17)21)8-10-5-4-6-16(10)3/h4-6,8-9,11H,7H2,1-3H3,(H,19,20)/t11-/m1/s1. The van der Waals surface area contributed by atoms with Crippen LogP contribution in [-0.4, -0.2) is 36.8 Å². The summed E-state index contributed by atoms with van der Waals surface area (Å²) in [6, 6.07) is 2.85. The summed E-state index contributed by atoms with van der Waals surface area (Å²) in [6.07, 6.45) is 4.00. The number of aromatic nitrogens is 1. The molecule has 1 aliphatic heterocycles. The third-order valence-electron chi connectivity index (χ3n) is 3.38. The molecule has 1 aromatic rings. The van der Waals surface area contributed by atoms with E-state index in [-0.39, 0.29) is 11.8 Å². The monoisotopic (exact) mass is 338 g/mol. The molecule has 0 bridgehead atoms. The normalized spacial score (nSPS) is 18.5. The minimum atomic E-state index is -1.02. The molecular formula is C15H18N2O3S2. The number of aryl methyl sites for hydroxylation is 1. The van der Waals surface area contributed by atoms with Gasteiger partial charge in [-0.15, -0.1) is 0 Å². The van der Waals surface area contributed by atoms with Gasteiger partial charge >= 0.3 is 5.97 Å². The van der Waals surface area contributed by atoms with Crippen LogP contribution in [-0.2, 0) is 16.6 Å². The predicted octanol–water partition coefficient (Wildman–Crippen LogP) is 2.73. The molecule has 1 fully saturated rings. The lowest BCUT2D eigenvalue weighted by molar-refractivity contribution is -0.145. The van der Waals surface area contributed by atoms with Gasteiger partial charge in [-0.25, -0.2) is 4.79 Å². The molecule has 0 aromatic carbocycles. The second-order valence-electron chi connectivity index (χ2n) is 5.58. The van der Waals surface area contributed by atoms with E-state index in [1.807, 2.05) is 43.8 Å². The highest BCUT2D eigenvalue weighted by Crippen LogP contribution is 2.35. The third kappa shape index (κ3) is 3.41. The van der Waals surface area contributed by atoms with Crippen molar-refractivity contribution in [1.29, 1.82) is 0 Å². The summed E-state index contributed by atoms with van der Waals surface area (Å²) in [4.78, 5) is 25.8. The SMILES string of the molecule is CC(C)C[C@H](C(=O)O)N1C(=O)C(=Cc2cccn2C)SC1=S. The average molecular weight is 338 g/mol. The van der Waals surface area contributed by atoms with E-state index in [1.165, 1.54) is 4.90 Å². The molecule has 5 nitrogen and oxygen atoms in total. The van der Waals surface area contributed by atoms with Gasteiger partial charge in [0.1, 0.15) is 10.4 Å². The van der Waals surface area contributed by atoms with Gasteiger partial charge in [-0.2, -0.15) is 0 Å². The molecule has 118 valence electrons. The van der Waals surface area contributed by atoms with Gasteiger partial charge < -0.3 is 9.67 Å². The summed E-state index contributed by atoms with van der Waals surface area (Å²) >= 11 is 6.38. The fourth-order valence-electron chi connectivity index (χ4n) is 2.27. The first-order chi connectivity index (χ1) is 10.3. The number of amides is 1. The van der Waals surface area contributed by atoms with E-state index in [4.69, 9.17) is 12.2 Å². The number of hydrogen-bond donors (Lipinski definition) is 1. The van der Waals surface area contributed by atoms with Gasteiger partial charge in [0.05, 0.1) is 4.91 Å². The molecule has 0 unspecified atom stereocenters. The first kappa shape index (κ1) is 16.8. The molecule has 0 radical (unpaired) electrons. The van der Waals surface area contributed by atoms with Crippen molar-refractivity contribution in [3.63, 3.8) is 0 Å². The molecule has 1 aliphatic rings. The fraction of sp³-hybridized carbons (Fsp3) is 0.400. The van der Waals surface area contributed by atoms with Crippen LogP contribution in [0.2, 0.25) is 0 Å². The first-order valence-corrected chi connectivity index (χ1v) is 8.15. The molecule has 22 heavy (non-hydrogen) atoms. The maximum atomic E-state index is 12.6. The lowest BCUT2D eigenvalue weighted by atomic mass is 10.0. The van der Waals surface area contributed by atoms with Gasteiger partial charge in [-0.05, 0) is 30.5 Å². The molecule has 0 spiro atoms. The topological polar surface area (TPSA) is 62.5 Å². The van der Waals surface area contributed by atoms with Crippen molar-refractivity contribution in [1.82, 2.24) is 9.47 Å². The predicted molar refractivity (Wildman–Crippen MR) is 91.3 cm³/mol.